The summed E-state index contributed by atoms with van der Waals surface area (Å²) in [6.07, 6.45) is 10.8. The molecule has 0 aliphatic carbocycles. The molecule has 0 atom stereocenters. The van der Waals surface area contributed by atoms with Gasteiger partial charge in [-0.1, -0.05) is 31.4 Å². The number of imidazole rings is 1. The normalized spacial score (nSPS) is 10.8. The van der Waals surface area contributed by atoms with Gasteiger partial charge in [0.05, 0.1) is 6.54 Å². The van der Waals surface area contributed by atoms with Crippen molar-refractivity contribution in [3.05, 3.63) is 18.7 Å². The van der Waals surface area contributed by atoms with Gasteiger partial charge < -0.3 is 22.1 Å². The lowest BCUT2D eigenvalue weighted by molar-refractivity contribution is -0.697. The molecule has 0 saturated carbocycles. The molecule has 1 heterocycles. The van der Waals surface area contributed by atoms with Gasteiger partial charge in [-0.2, -0.15) is 0 Å². The van der Waals surface area contributed by atoms with Crippen molar-refractivity contribution in [1.29, 1.82) is 0 Å². The lowest BCUT2D eigenvalue weighted by Gasteiger charge is -1.97. The van der Waals surface area contributed by atoms with Crippen LogP contribution in [0.25, 0.3) is 0 Å². The average molecular weight is 284 g/mol. The monoisotopic (exact) mass is 284 g/mol. The lowest BCUT2D eigenvalue weighted by atomic mass is 10.3. The Morgan fingerprint density at radius 3 is 2.21 bits per heavy atom. The Morgan fingerprint density at radius 2 is 1.68 bits per heavy atom. The molecule has 0 aliphatic rings. The van der Waals surface area contributed by atoms with E-state index in [-0.39, 0.29) is 0 Å². The maximum Gasteiger partial charge on any atom is 0.673 e. The number of hydrogen-bond donors (Lipinski definition) is 0. The molecular weight excluding hydrogens is 263 g/mol. The second-order valence-corrected chi connectivity index (χ2v) is 4.05. The Bertz CT molecular complexity index is 325. The van der Waals surface area contributed by atoms with Gasteiger partial charge in [0.1, 0.15) is 12.8 Å². The van der Waals surface area contributed by atoms with E-state index in [0.717, 1.165) is 19.6 Å². The summed E-state index contributed by atoms with van der Waals surface area (Å²) < 4.78 is 43.0. The van der Waals surface area contributed by atoms with Gasteiger partial charge in [-0.25, -0.2) is 4.57 Å². The lowest BCUT2D eigenvalue weighted by Crippen LogP contribution is -2.31. The van der Waals surface area contributed by atoms with Crippen LogP contribution in [0.2, 0.25) is 0 Å². The van der Waals surface area contributed by atoms with Crippen molar-refractivity contribution in [2.24, 2.45) is 0 Å². The second-order valence-electron chi connectivity index (χ2n) is 4.05. The molecule has 0 aromatic carbocycles. The van der Waals surface area contributed by atoms with Crippen LogP contribution in [0.1, 0.15) is 39.5 Å². The fourth-order valence-corrected chi connectivity index (χ4v) is 1.24. The van der Waals surface area contributed by atoms with Crippen molar-refractivity contribution in [2.75, 3.05) is 6.61 Å². The van der Waals surface area contributed by atoms with Gasteiger partial charge in [0.15, 0.2) is 6.20 Å². The molecule has 0 fully saturated rings. The summed E-state index contributed by atoms with van der Waals surface area (Å²) in [5.41, 5.74) is 0. The van der Waals surface area contributed by atoms with Gasteiger partial charge in [-0.05, 0) is 12.8 Å². The van der Waals surface area contributed by atoms with Crippen LogP contribution in [-0.2, 0) is 6.54 Å². The van der Waals surface area contributed by atoms with Crippen LogP contribution in [0.4, 0.5) is 17.3 Å². The molecule has 0 unspecified atom stereocenters. The molecule has 8 heteroatoms. The standard InChI is InChI=1S/C11H21N2O.BF4/c1-3-5-7-12-8-9-13(11-12)14-10-6-4-2;2-1(3,4)5/h8-9,11H,3-7,10H2,1-2H3;/q+1;-1. The number of nitrogens with zero attached hydrogens (tertiary/aromatic N) is 2. The molecule has 0 saturated heterocycles. The summed E-state index contributed by atoms with van der Waals surface area (Å²) >= 11 is 0. The Hall–Kier alpha value is -1.21. The first-order chi connectivity index (χ1) is 8.86. The third-order valence-corrected chi connectivity index (χ3v) is 2.18. The zero-order chi connectivity index (χ0) is 14.7. The molecule has 1 rings (SSSR count). The summed E-state index contributed by atoms with van der Waals surface area (Å²) in [5, 5.41) is 0. The number of aromatic nitrogens is 2. The molecule has 112 valence electrons. The quantitative estimate of drug-likeness (QED) is 0.325. The van der Waals surface area contributed by atoms with E-state index in [4.69, 9.17) is 4.84 Å². The second kappa shape index (κ2) is 9.69. The van der Waals surface area contributed by atoms with Crippen LogP contribution in [0, 0.1) is 0 Å². The summed E-state index contributed by atoms with van der Waals surface area (Å²) in [7, 11) is -6.00. The maximum absolute atomic E-state index is 9.75. The molecule has 0 aliphatic heterocycles. The first-order valence-electron chi connectivity index (χ1n) is 6.44. The highest BCUT2D eigenvalue weighted by Gasteiger charge is 2.20. The first kappa shape index (κ1) is 17.8. The molecule has 3 nitrogen and oxygen atoms in total. The van der Waals surface area contributed by atoms with Crippen LogP contribution in [0.5, 0.6) is 0 Å². The Balaban J connectivity index is 0.000000555. The predicted octanol–water partition coefficient (Wildman–Crippen LogP) is 3.10. The Kier molecular flexibility index (Phi) is 9.07. The predicted molar refractivity (Wildman–Crippen MR) is 66.1 cm³/mol. The molecule has 1 aromatic rings. The number of hydrogen-bond acceptors (Lipinski definition) is 1. The molecule has 0 spiro atoms. The number of unbranched alkanes of at least 4 members (excludes halogenated alkanes) is 2. The third kappa shape index (κ3) is 13.0. The van der Waals surface area contributed by atoms with Crippen molar-refractivity contribution in [1.82, 2.24) is 4.73 Å². The Morgan fingerprint density at radius 1 is 1.11 bits per heavy atom. The molecular formula is C11H21BF4N2O. The molecule has 19 heavy (non-hydrogen) atoms. The SMILES string of the molecule is CCCCOn1cc[n+](CCCC)c1.F[B-](F)(F)F. The maximum atomic E-state index is 9.75. The zero-order valence-corrected chi connectivity index (χ0v) is 11.4. The summed E-state index contributed by atoms with van der Waals surface area (Å²) in [5.74, 6) is 0. The van der Waals surface area contributed by atoms with Crippen LogP contribution in [-0.4, -0.2) is 18.6 Å². The minimum atomic E-state index is -6.00. The van der Waals surface area contributed by atoms with E-state index >= 15 is 0 Å². The fourth-order valence-electron chi connectivity index (χ4n) is 1.24. The minimum Gasteiger partial charge on any atom is -0.418 e. The average Bonchev–Trinajstić information content (AvgIpc) is 2.72. The fraction of sp³-hybridized carbons (Fsp3) is 0.727. The zero-order valence-electron chi connectivity index (χ0n) is 11.4. The van der Waals surface area contributed by atoms with Crippen LogP contribution >= 0.6 is 0 Å². The van der Waals surface area contributed by atoms with E-state index in [2.05, 4.69) is 24.6 Å². The number of rotatable bonds is 7. The summed E-state index contributed by atoms with van der Waals surface area (Å²) in [6.45, 7) is 6.26. The number of halogens is 4. The van der Waals surface area contributed by atoms with Crippen molar-refractivity contribution in [3.63, 3.8) is 0 Å². The van der Waals surface area contributed by atoms with Gasteiger partial charge in [0, 0.05) is 0 Å². The van der Waals surface area contributed by atoms with Crippen molar-refractivity contribution in [3.8, 4) is 0 Å². The molecule has 0 N–H and O–H groups in total. The van der Waals surface area contributed by atoms with Gasteiger partial charge in [-0.15, -0.1) is 0 Å². The van der Waals surface area contributed by atoms with Crippen molar-refractivity contribution in [2.45, 2.75) is 46.1 Å². The smallest absolute Gasteiger partial charge is 0.418 e. The number of aryl methyl sites for hydroxylation is 1. The van der Waals surface area contributed by atoms with Gasteiger partial charge >= 0.3 is 7.25 Å². The topological polar surface area (TPSA) is 18.0 Å². The molecule has 0 radical (unpaired) electrons. The van der Waals surface area contributed by atoms with E-state index in [1.807, 2.05) is 12.5 Å². The van der Waals surface area contributed by atoms with Crippen LogP contribution < -0.4 is 9.40 Å². The van der Waals surface area contributed by atoms with Gasteiger partial charge in [-0.3, -0.25) is 0 Å². The van der Waals surface area contributed by atoms with Gasteiger partial charge in [0.2, 0.25) is 0 Å². The van der Waals surface area contributed by atoms with E-state index in [0.29, 0.717) is 0 Å². The minimum absolute atomic E-state index is 0.805. The highest BCUT2D eigenvalue weighted by molar-refractivity contribution is 6.50. The van der Waals surface area contributed by atoms with E-state index in [1.54, 1.807) is 4.73 Å². The van der Waals surface area contributed by atoms with E-state index in [9.17, 15) is 17.3 Å². The van der Waals surface area contributed by atoms with E-state index in [1.165, 1.54) is 19.3 Å². The van der Waals surface area contributed by atoms with Gasteiger partial charge in [0.25, 0.3) is 6.33 Å². The molecule has 0 amide bonds. The third-order valence-electron chi connectivity index (χ3n) is 2.18. The van der Waals surface area contributed by atoms with Crippen LogP contribution in [0.15, 0.2) is 18.7 Å². The first-order valence-corrected chi connectivity index (χ1v) is 6.44. The molecule has 1 aromatic heterocycles. The van der Waals surface area contributed by atoms with Crippen molar-refractivity contribution < 1.29 is 26.7 Å². The highest BCUT2D eigenvalue weighted by atomic mass is 19.5. The largest absolute Gasteiger partial charge is 0.673 e. The van der Waals surface area contributed by atoms with Crippen molar-refractivity contribution >= 4 is 7.25 Å². The molecule has 0 bridgehead atoms. The van der Waals surface area contributed by atoms with E-state index < -0.39 is 7.25 Å². The summed E-state index contributed by atoms with van der Waals surface area (Å²) in [6, 6.07) is 0. The Labute approximate surface area is 111 Å². The van der Waals surface area contributed by atoms with Crippen LogP contribution in [0.3, 0.4) is 0 Å². The highest BCUT2D eigenvalue weighted by Crippen LogP contribution is 2.06. The summed E-state index contributed by atoms with van der Waals surface area (Å²) in [4.78, 5) is 5.50.